The molecule has 0 N–H and O–H groups in total. The zero-order valence-electron chi connectivity index (χ0n) is 26.9. The van der Waals surface area contributed by atoms with Gasteiger partial charge in [-0.15, -0.1) is 0 Å². The molecule has 4 heterocycles. The first-order valence-corrected chi connectivity index (χ1v) is 16.1. The Kier molecular flexibility index (Phi) is 11.6. The smallest absolute Gasteiger partial charge is 0.232 e. The summed E-state index contributed by atoms with van der Waals surface area (Å²) in [4.78, 5) is 64.9. The van der Waals surface area contributed by atoms with E-state index in [4.69, 9.17) is 15.0 Å². The van der Waals surface area contributed by atoms with E-state index in [-0.39, 0.29) is 17.7 Å². The van der Waals surface area contributed by atoms with Crippen LogP contribution in [0, 0.1) is 5.92 Å². The van der Waals surface area contributed by atoms with Gasteiger partial charge in [0.2, 0.25) is 35.6 Å². The van der Waals surface area contributed by atoms with Crippen LogP contribution in [0.3, 0.4) is 0 Å². The van der Waals surface area contributed by atoms with Gasteiger partial charge in [-0.1, -0.05) is 32.4 Å². The molecule has 12 heteroatoms. The number of nitrogens with zero attached hydrogens (tertiary/aromatic N) is 9. The van der Waals surface area contributed by atoms with Crippen molar-refractivity contribution in [2.75, 3.05) is 93.2 Å². The summed E-state index contributed by atoms with van der Waals surface area (Å²) in [6, 6.07) is 0. The maximum atomic E-state index is 12.7. The van der Waals surface area contributed by atoms with Crippen LogP contribution >= 0.6 is 0 Å². The lowest BCUT2D eigenvalue weighted by Crippen LogP contribution is -2.51. The molecule has 0 radical (unpaired) electrons. The number of allylic oxidation sites excluding steroid dienone is 1. The van der Waals surface area contributed by atoms with Crippen LogP contribution in [0.25, 0.3) is 0 Å². The highest BCUT2D eigenvalue weighted by Crippen LogP contribution is 2.23. The van der Waals surface area contributed by atoms with Gasteiger partial charge in [-0.25, -0.2) is 0 Å². The number of hydrogen-bond donors (Lipinski definition) is 0. The van der Waals surface area contributed by atoms with Gasteiger partial charge in [0.25, 0.3) is 0 Å². The van der Waals surface area contributed by atoms with E-state index in [1.165, 1.54) is 0 Å². The van der Waals surface area contributed by atoms with Crippen molar-refractivity contribution in [2.24, 2.45) is 5.92 Å². The molecule has 0 unspecified atom stereocenters. The molecule has 0 saturated carbocycles. The molecule has 3 aliphatic rings. The Morgan fingerprint density at radius 1 is 0.628 bits per heavy atom. The van der Waals surface area contributed by atoms with E-state index < -0.39 is 0 Å². The molecule has 0 aromatic carbocycles. The molecule has 43 heavy (non-hydrogen) atoms. The molecule has 1 aromatic rings. The molecule has 4 rings (SSSR count). The number of rotatable bonds is 10. The number of piperazine rings is 3. The highest BCUT2D eigenvalue weighted by Gasteiger charge is 2.29. The Bertz CT molecular complexity index is 1130. The summed E-state index contributed by atoms with van der Waals surface area (Å²) in [6.07, 6.45) is 5.34. The van der Waals surface area contributed by atoms with E-state index in [0.29, 0.717) is 122 Å². The summed E-state index contributed by atoms with van der Waals surface area (Å²) in [5.74, 6) is 2.96. The predicted molar refractivity (Wildman–Crippen MR) is 169 cm³/mol. The molecule has 0 aliphatic carbocycles. The first-order valence-electron chi connectivity index (χ1n) is 16.1. The fraction of sp³-hybridized carbons (Fsp3) is 0.742. The minimum atomic E-state index is 0.147. The van der Waals surface area contributed by atoms with E-state index in [0.717, 1.165) is 18.4 Å². The van der Waals surface area contributed by atoms with Crippen LogP contribution in [0.5, 0.6) is 0 Å². The lowest BCUT2D eigenvalue weighted by Gasteiger charge is -2.38. The van der Waals surface area contributed by atoms with Gasteiger partial charge in [0, 0.05) is 97.8 Å². The van der Waals surface area contributed by atoms with Crippen LogP contribution in [0.1, 0.15) is 66.7 Å². The summed E-state index contributed by atoms with van der Waals surface area (Å²) in [6.45, 7) is 18.2. The van der Waals surface area contributed by atoms with E-state index in [9.17, 15) is 14.4 Å². The van der Waals surface area contributed by atoms with Crippen molar-refractivity contribution in [2.45, 2.75) is 66.7 Å². The summed E-state index contributed by atoms with van der Waals surface area (Å²) >= 11 is 0. The fourth-order valence-corrected chi connectivity index (χ4v) is 5.60. The lowest BCUT2D eigenvalue weighted by molar-refractivity contribution is -0.132. The Hall–Kier alpha value is -3.44. The summed E-state index contributed by atoms with van der Waals surface area (Å²) in [5, 5.41) is 0. The van der Waals surface area contributed by atoms with Crippen molar-refractivity contribution in [1.82, 2.24) is 29.7 Å². The summed E-state index contributed by atoms with van der Waals surface area (Å²) in [7, 11) is 0. The molecule has 0 spiro atoms. The minimum absolute atomic E-state index is 0.147. The molecule has 238 valence electrons. The summed E-state index contributed by atoms with van der Waals surface area (Å²) < 4.78 is 0. The van der Waals surface area contributed by atoms with Crippen molar-refractivity contribution >= 4 is 35.6 Å². The van der Waals surface area contributed by atoms with Crippen LogP contribution in [-0.4, -0.2) is 126 Å². The molecule has 3 aliphatic heterocycles. The van der Waals surface area contributed by atoms with Crippen molar-refractivity contribution < 1.29 is 14.4 Å². The van der Waals surface area contributed by atoms with Crippen molar-refractivity contribution in [3.05, 3.63) is 11.6 Å². The van der Waals surface area contributed by atoms with Gasteiger partial charge in [-0.2, -0.15) is 15.0 Å². The third-order valence-corrected chi connectivity index (χ3v) is 8.43. The van der Waals surface area contributed by atoms with Crippen LogP contribution in [0.15, 0.2) is 11.6 Å². The molecule has 0 atom stereocenters. The number of carbonyl (C=O) groups is 3. The van der Waals surface area contributed by atoms with Crippen molar-refractivity contribution in [3.8, 4) is 0 Å². The molecule has 0 bridgehead atoms. The number of aromatic nitrogens is 3. The molecular weight excluding hydrogens is 546 g/mol. The van der Waals surface area contributed by atoms with Gasteiger partial charge in [-0.3, -0.25) is 14.4 Å². The van der Waals surface area contributed by atoms with Gasteiger partial charge in [0.15, 0.2) is 0 Å². The van der Waals surface area contributed by atoms with Gasteiger partial charge in [-0.05, 0) is 32.6 Å². The van der Waals surface area contributed by atoms with E-state index in [1.807, 2.05) is 41.5 Å². The lowest BCUT2D eigenvalue weighted by atomic mass is 10.1. The van der Waals surface area contributed by atoms with Crippen LogP contribution in [-0.2, 0) is 14.4 Å². The Balaban J connectivity index is 1.47. The quantitative estimate of drug-likeness (QED) is 0.376. The Morgan fingerprint density at radius 3 is 1.35 bits per heavy atom. The first kappa shape index (κ1) is 32.5. The largest absolute Gasteiger partial charge is 0.339 e. The maximum Gasteiger partial charge on any atom is 0.232 e. The SMILES string of the molecule is CCCC(=O)N1CCN(c2nc(N3CCN(C(=O)CC=C(C)C)CC3)nc(N3CCN(C(=O)CCC(C)C)CC3)n2)CC1. The maximum absolute atomic E-state index is 12.7. The third-order valence-electron chi connectivity index (χ3n) is 8.43. The first-order chi connectivity index (χ1) is 20.6. The van der Waals surface area contributed by atoms with Crippen LogP contribution < -0.4 is 14.7 Å². The number of hydrogen-bond acceptors (Lipinski definition) is 9. The predicted octanol–water partition coefficient (Wildman–Crippen LogP) is 2.41. The Morgan fingerprint density at radius 2 is 1.00 bits per heavy atom. The zero-order valence-corrected chi connectivity index (χ0v) is 26.9. The van der Waals surface area contributed by atoms with Crippen molar-refractivity contribution in [1.29, 1.82) is 0 Å². The van der Waals surface area contributed by atoms with Gasteiger partial charge in [0.1, 0.15) is 0 Å². The van der Waals surface area contributed by atoms with Crippen LogP contribution in [0.4, 0.5) is 17.8 Å². The van der Waals surface area contributed by atoms with Gasteiger partial charge < -0.3 is 29.4 Å². The second kappa shape index (κ2) is 15.3. The molecule has 1 aromatic heterocycles. The Labute approximate surface area is 257 Å². The van der Waals surface area contributed by atoms with E-state index in [1.54, 1.807) is 0 Å². The molecule has 12 nitrogen and oxygen atoms in total. The molecule has 3 amide bonds. The monoisotopic (exact) mass is 597 g/mol. The van der Waals surface area contributed by atoms with E-state index >= 15 is 0 Å². The molecule has 3 fully saturated rings. The highest BCUT2D eigenvalue weighted by molar-refractivity contribution is 5.78. The topological polar surface area (TPSA) is 109 Å². The van der Waals surface area contributed by atoms with Crippen molar-refractivity contribution in [3.63, 3.8) is 0 Å². The minimum Gasteiger partial charge on any atom is -0.339 e. The standard InChI is InChI=1S/C31H51N9O3/c1-6-7-26(41)35-12-18-38(19-13-35)29-32-30(39-20-14-36(15-21-39)27(42)10-8-24(2)3)34-31(33-29)40-22-16-37(17-23-40)28(43)11-9-25(4)5/h8,25H,6-7,9-23H2,1-5H3. The molecule has 3 saturated heterocycles. The zero-order chi connectivity index (χ0) is 30.9. The number of amides is 3. The van der Waals surface area contributed by atoms with Gasteiger partial charge >= 0.3 is 0 Å². The average Bonchev–Trinajstić information content (AvgIpc) is 3.02. The average molecular weight is 598 g/mol. The summed E-state index contributed by atoms with van der Waals surface area (Å²) in [5.41, 5.74) is 1.15. The normalized spacial score (nSPS) is 17.9. The second-order valence-electron chi connectivity index (χ2n) is 12.5. The highest BCUT2D eigenvalue weighted by atomic mass is 16.2. The van der Waals surface area contributed by atoms with Crippen LogP contribution in [0.2, 0.25) is 0 Å². The number of carbonyl (C=O) groups excluding carboxylic acids is 3. The fourth-order valence-electron chi connectivity index (χ4n) is 5.60. The van der Waals surface area contributed by atoms with Gasteiger partial charge in [0.05, 0.1) is 0 Å². The number of anilines is 3. The second-order valence-corrected chi connectivity index (χ2v) is 12.5. The third kappa shape index (κ3) is 9.03. The molecular formula is C31H51N9O3. The van der Waals surface area contributed by atoms with E-state index in [2.05, 4.69) is 28.5 Å².